The highest BCUT2D eigenvalue weighted by Crippen LogP contribution is 2.28. The lowest BCUT2D eigenvalue weighted by Gasteiger charge is -2.30. The van der Waals surface area contributed by atoms with E-state index in [4.69, 9.17) is 7.80 Å². The third-order valence-electron chi connectivity index (χ3n) is 2.88. The van der Waals surface area contributed by atoms with Crippen LogP contribution in [0.3, 0.4) is 0 Å². The van der Waals surface area contributed by atoms with Crippen molar-refractivity contribution < 1.29 is 7.80 Å². The van der Waals surface area contributed by atoms with E-state index in [0.717, 1.165) is 19.4 Å². The van der Waals surface area contributed by atoms with E-state index in [1.165, 1.54) is 6.42 Å². The molecule has 0 aromatic carbocycles. The van der Waals surface area contributed by atoms with Crippen molar-refractivity contribution in [3.8, 4) is 0 Å². The summed E-state index contributed by atoms with van der Waals surface area (Å²) in [4.78, 5) is 0. The maximum Gasteiger partial charge on any atom is 0.110 e. The molecule has 0 aliphatic carbocycles. The summed E-state index contributed by atoms with van der Waals surface area (Å²) < 4.78 is 11.3. The van der Waals surface area contributed by atoms with Crippen molar-refractivity contribution in [2.45, 2.75) is 78.9 Å². The van der Waals surface area contributed by atoms with E-state index in [1.807, 2.05) is 23.0 Å². The second-order valence-corrected chi connectivity index (χ2v) is 7.70. The van der Waals surface area contributed by atoms with E-state index in [0.29, 0.717) is 5.41 Å². The van der Waals surface area contributed by atoms with Crippen LogP contribution in [-0.2, 0) is 7.80 Å². The van der Waals surface area contributed by atoms with Gasteiger partial charge in [-0.2, -0.15) is 0 Å². The predicted octanol–water partition coefficient (Wildman–Crippen LogP) is 5.14. The highest BCUT2D eigenvalue weighted by Gasteiger charge is 2.24. The average Bonchev–Trinajstić information content (AvgIpc) is 2.13. The largest absolute Gasteiger partial charge is 0.375 e. The van der Waals surface area contributed by atoms with Crippen LogP contribution in [0.25, 0.3) is 0 Å². The second-order valence-electron chi connectivity index (χ2n) is 7.26. The highest BCUT2D eigenvalue weighted by atomic mass is 127. The van der Waals surface area contributed by atoms with Crippen LogP contribution in [0.15, 0.2) is 0 Å². The summed E-state index contributed by atoms with van der Waals surface area (Å²) in [5.74, 6) is 0. The van der Waals surface area contributed by atoms with Gasteiger partial charge in [-0.3, -0.25) is 0 Å². The molecule has 0 fully saturated rings. The van der Waals surface area contributed by atoms with Gasteiger partial charge in [0.15, 0.2) is 0 Å². The van der Waals surface area contributed by atoms with Crippen LogP contribution in [-0.4, -0.2) is 17.8 Å². The Bertz CT molecular complexity index is 217. The molecule has 0 rings (SSSR count). The van der Waals surface area contributed by atoms with Crippen LogP contribution in [0, 0.1) is 5.41 Å². The van der Waals surface area contributed by atoms with Gasteiger partial charge in [-0.1, -0.05) is 20.8 Å². The second kappa shape index (κ2) is 6.71. The Morgan fingerprint density at radius 3 is 1.71 bits per heavy atom. The zero-order valence-corrected chi connectivity index (χ0v) is 14.7. The summed E-state index contributed by atoms with van der Waals surface area (Å²) in [6.07, 6.45) is 3.21. The van der Waals surface area contributed by atoms with Gasteiger partial charge < -0.3 is 7.80 Å². The third kappa shape index (κ3) is 10.3. The molecule has 0 saturated heterocycles. The van der Waals surface area contributed by atoms with Crippen molar-refractivity contribution >= 4 is 23.0 Å². The number of rotatable bonds is 7. The van der Waals surface area contributed by atoms with E-state index < -0.39 is 0 Å². The van der Waals surface area contributed by atoms with Gasteiger partial charge in [-0.05, 0) is 46.0 Å². The quantitative estimate of drug-likeness (QED) is 0.588. The Morgan fingerprint density at radius 1 is 0.765 bits per heavy atom. The molecule has 0 radical (unpaired) electrons. The van der Waals surface area contributed by atoms with Gasteiger partial charge in [0, 0.05) is 6.42 Å². The fourth-order valence-electron chi connectivity index (χ4n) is 1.36. The van der Waals surface area contributed by atoms with Crippen LogP contribution >= 0.6 is 23.0 Å². The van der Waals surface area contributed by atoms with Crippen molar-refractivity contribution in [2.24, 2.45) is 5.41 Å². The molecule has 0 bridgehead atoms. The molecule has 0 N–H and O–H groups in total. The van der Waals surface area contributed by atoms with E-state index in [2.05, 4.69) is 48.5 Å². The maximum absolute atomic E-state index is 5.98. The fraction of sp³-hybridized carbons (Fsp3) is 1.00. The first-order valence-corrected chi connectivity index (χ1v) is 7.29. The van der Waals surface area contributed by atoms with Crippen molar-refractivity contribution in [3.05, 3.63) is 0 Å². The van der Waals surface area contributed by atoms with Crippen LogP contribution in [0.5, 0.6) is 0 Å². The predicted molar refractivity (Wildman–Crippen MR) is 82.5 cm³/mol. The minimum Gasteiger partial charge on any atom is -0.375 e. The van der Waals surface area contributed by atoms with Crippen molar-refractivity contribution in [1.29, 1.82) is 0 Å². The van der Waals surface area contributed by atoms with E-state index >= 15 is 0 Å². The first kappa shape index (κ1) is 17.6. The molecule has 0 aromatic rings. The Balaban J connectivity index is 3.94. The summed E-state index contributed by atoms with van der Waals surface area (Å²) in [7, 11) is 0. The molecule has 0 aliphatic rings. The number of halogens is 1. The molecular formula is C14H29IO2. The van der Waals surface area contributed by atoms with Crippen molar-refractivity contribution in [3.63, 3.8) is 0 Å². The average molecular weight is 356 g/mol. The van der Waals surface area contributed by atoms with Gasteiger partial charge in [-0.15, -0.1) is 0 Å². The standard InChI is InChI=1S/C14H29IO2/c1-12(2,3)8-9-13(4,5)16-11-10-14(6,7)17-15/h8-11H2,1-7H3. The van der Waals surface area contributed by atoms with Crippen LogP contribution in [0.1, 0.15) is 67.7 Å². The molecular weight excluding hydrogens is 327 g/mol. The lowest BCUT2D eigenvalue weighted by molar-refractivity contribution is -0.0450. The minimum atomic E-state index is -0.0966. The van der Waals surface area contributed by atoms with Crippen molar-refractivity contribution in [2.75, 3.05) is 6.61 Å². The molecule has 17 heavy (non-hydrogen) atoms. The number of ether oxygens (including phenoxy) is 1. The van der Waals surface area contributed by atoms with Gasteiger partial charge in [0.25, 0.3) is 0 Å². The Hall–Kier alpha value is 0.650. The van der Waals surface area contributed by atoms with E-state index in [9.17, 15) is 0 Å². The van der Waals surface area contributed by atoms with Crippen LogP contribution in [0.2, 0.25) is 0 Å². The first-order chi connectivity index (χ1) is 7.47. The summed E-state index contributed by atoms with van der Waals surface area (Å²) in [6, 6.07) is 0. The lowest BCUT2D eigenvalue weighted by atomic mass is 9.86. The molecule has 0 aromatic heterocycles. The molecule has 0 atom stereocenters. The minimum absolute atomic E-state index is 0.0331. The Labute approximate surface area is 122 Å². The van der Waals surface area contributed by atoms with Gasteiger partial charge >= 0.3 is 0 Å². The van der Waals surface area contributed by atoms with Gasteiger partial charge in [-0.25, -0.2) is 0 Å². The van der Waals surface area contributed by atoms with Gasteiger partial charge in [0.05, 0.1) is 17.8 Å². The SMILES string of the molecule is CC(C)(C)CCC(C)(C)OCCC(C)(C)OI. The molecule has 3 heteroatoms. The topological polar surface area (TPSA) is 18.5 Å². The zero-order valence-electron chi connectivity index (χ0n) is 12.5. The highest BCUT2D eigenvalue weighted by molar-refractivity contribution is 14.1. The van der Waals surface area contributed by atoms with E-state index in [1.54, 1.807) is 0 Å². The third-order valence-corrected chi connectivity index (χ3v) is 4.08. The van der Waals surface area contributed by atoms with Gasteiger partial charge in [0.1, 0.15) is 23.0 Å². The summed E-state index contributed by atoms with van der Waals surface area (Å²) in [5.41, 5.74) is 0.251. The molecule has 0 amide bonds. The summed E-state index contributed by atoms with van der Waals surface area (Å²) >= 11 is 1.96. The zero-order chi connectivity index (χ0) is 13.7. The molecule has 104 valence electrons. The number of hydrogen-bond donors (Lipinski definition) is 0. The maximum atomic E-state index is 5.98. The van der Waals surface area contributed by atoms with Crippen molar-refractivity contribution in [1.82, 2.24) is 0 Å². The number of hydrogen-bond acceptors (Lipinski definition) is 2. The molecule has 0 saturated carbocycles. The van der Waals surface area contributed by atoms with Gasteiger partial charge in [0.2, 0.25) is 0 Å². The monoisotopic (exact) mass is 356 g/mol. The molecule has 0 aliphatic heterocycles. The molecule has 0 heterocycles. The summed E-state index contributed by atoms with van der Waals surface area (Å²) in [5, 5.41) is 0. The fourth-order valence-corrected chi connectivity index (χ4v) is 1.58. The molecule has 0 spiro atoms. The molecule has 0 unspecified atom stereocenters. The first-order valence-electron chi connectivity index (χ1n) is 6.41. The lowest BCUT2D eigenvalue weighted by Crippen LogP contribution is -2.30. The Kier molecular flexibility index (Phi) is 6.97. The smallest absolute Gasteiger partial charge is 0.110 e. The normalized spacial score (nSPS) is 14.1. The van der Waals surface area contributed by atoms with Crippen LogP contribution < -0.4 is 0 Å². The molecule has 2 nitrogen and oxygen atoms in total. The Morgan fingerprint density at radius 2 is 1.29 bits per heavy atom. The van der Waals surface area contributed by atoms with E-state index in [-0.39, 0.29) is 11.2 Å². The van der Waals surface area contributed by atoms with Crippen LogP contribution in [0.4, 0.5) is 0 Å². The summed E-state index contributed by atoms with van der Waals surface area (Å²) in [6.45, 7) is 16.1.